The fourth-order valence-electron chi connectivity index (χ4n) is 3.80. The summed E-state index contributed by atoms with van der Waals surface area (Å²) in [6.07, 6.45) is 0.418. The number of nitrogens with one attached hydrogen (secondary N) is 1. The van der Waals surface area contributed by atoms with Gasteiger partial charge in [0.15, 0.2) is 17.2 Å². The molecule has 1 heterocycles. The number of aromatic nitrogens is 2. The first-order chi connectivity index (χ1) is 16.0. The highest BCUT2D eigenvalue weighted by atomic mass is 16.5. The van der Waals surface area contributed by atoms with E-state index in [0.29, 0.717) is 30.2 Å². The van der Waals surface area contributed by atoms with Gasteiger partial charge in [-0.15, -0.1) is 0 Å². The van der Waals surface area contributed by atoms with E-state index in [4.69, 9.17) is 19.9 Å². The lowest BCUT2D eigenvalue weighted by atomic mass is 10.1. The molecule has 0 aliphatic carbocycles. The van der Waals surface area contributed by atoms with E-state index in [0.717, 1.165) is 5.56 Å². The second kappa shape index (κ2) is 11.6. The Morgan fingerprint density at radius 2 is 1.68 bits per heavy atom. The summed E-state index contributed by atoms with van der Waals surface area (Å²) in [5.41, 5.74) is 5.75. The highest BCUT2D eigenvalue weighted by Crippen LogP contribution is 2.40. The summed E-state index contributed by atoms with van der Waals surface area (Å²) in [4.78, 5) is 42.2. The van der Waals surface area contributed by atoms with E-state index in [1.807, 2.05) is 33.8 Å². The van der Waals surface area contributed by atoms with Crippen LogP contribution in [0.3, 0.4) is 0 Å². The number of nitrogens with two attached hydrogens (primary N) is 1. The number of ether oxygens (including phenoxy) is 3. The van der Waals surface area contributed by atoms with Crippen LogP contribution in [0.1, 0.15) is 39.7 Å². The van der Waals surface area contributed by atoms with E-state index < -0.39 is 11.2 Å². The number of anilines is 2. The SMILES string of the molecule is COc1ccc(CCC(=O)N(CC(C)C)c2c(N)n(CC(C)C)c(=O)[nH]c2=O)c(OC)c1OC. The molecule has 2 aromatic rings. The van der Waals surface area contributed by atoms with Gasteiger partial charge >= 0.3 is 5.69 Å². The zero-order valence-corrected chi connectivity index (χ0v) is 21.1. The zero-order chi connectivity index (χ0) is 25.6. The van der Waals surface area contributed by atoms with Crippen molar-refractivity contribution in [1.29, 1.82) is 0 Å². The average molecular weight is 477 g/mol. The lowest BCUT2D eigenvalue weighted by Gasteiger charge is -2.26. The van der Waals surface area contributed by atoms with E-state index in [9.17, 15) is 14.4 Å². The van der Waals surface area contributed by atoms with Crippen molar-refractivity contribution in [3.63, 3.8) is 0 Å². The summed E-state index contributed by atoms with van der Waals surface area (Å²) >= 11 is 0. The Morgan fingerprint density at radius 1 is 1.03 bits per heavy atom. The fourth-order valence-corrected chi connectivity index (χ4v) is 3.80. The molecule has 1 amide bonds. The maximum Gasteiger partial charge on any atom is 0.330 e. The Hall–Kier alpha value is -3.43. The van der Waals surface area contributed by atoms with Crippen LogP contribution in [0.25, 0.3) is 0 Å². The largest absolute Gasteiger partial charge is 0.493 e. The molecule has 0 bridgehead atoms. The molecule has 3 N–H and O–H groups in total. The predicted molar refractivity (Wildman–Crippen MR) is 132 cm³/mol. The van der Waals surface area contributed by atoms with Gasteiger partial charge in [-0.1, -0.05) is 33.8 Å². The van der Waals surface area contributed by atoms with E-state index in [2.05, 4.69) is 4.98 Å². The molecule has 0 atom stereocenters. The summed E-state index contributed by atoms with van der Waals surface area (Å²) < 4.78 is 17.6. The first kappa shape index (κ1) is 26.8. The molecule has 10 heteroatoms. The van der Waals surface area contributed by atoms with Crippen LogP contribution in [-0.2, 0) is 17.8 Å². The Labute approximate surface area is 199 Å². The summed E-state index contributed by atoms with van der Waals surface area (Å²) in [6, 6.07) is 3.56. The summed E-state index contributed by atoms with van der Waals surface area (Å²) in [7, 11) is 4.57. The Bertz CT molecular complexity index is 1120. The first-order valence-electron chi connectivity index (χ1n) is 11.3. The van der Waals surface area contributed by atoms with Gasteiger partial charge in [0.2, 0.25) is 11.7 Å². The van der Waals surface area contributed by atoms with Crippen molar-refractivity contribution in [2.24, 2.45) is 11.8 Å². The minimum Gasteiger partial charge on any atom is -0.493 e. The van der Waals surface area contributed by atoms with Crippen LogP contribution in [0, 0.1) is 11.8 Å². The van der Waals surface area contributed by atoms with Gasteiger partial charge in [-0.2, -0.15) is 0 Å². The van der Waals surface area contributed by atoms with Crippen LogP contribution < -0.4 is 36.1 Å². The van der Waals surface area contributed by atoms with E-state index in [1.54, 1.807) is 6.07 Å². The molecule has 0 saturated heterocycles. The standard InChI is InChI=1S/C24H36N4O6/c1-14(2)12-27(19-22(25)28(13-15(3)4)24(31)26-23(19)30)18(29)11-9-16-8-10-17(32-5)21(34-7)20(16)33-6/h8,10,14-15H,9,11-13,25H2,1-7H3,(H,26,30,31). The summed E-state index contributed by atoms with van der Waals surface area (Å²) in [6.45, 7) is 8.34. The topological polar surface area (TPSA) is 129 Å². The number of nitrogen functional groups attached to an aromatic ring is 1. The maximum atomic E-state index is 13.4. The number of amides is 1. The number of methoxy groups -OCH3 is 3. The molecule has 0 spiro atoms. The van der Waals surface area contributed by atoms with Crippen LogP contribution in [0.5, 0.6) is 17.2 Å². The molecule has 34 heavy (non-hydrogen) atoms. The van der Waals surface area contributed by atoms with E-state index in [-0.39, 0.29) is 42.2 Å². The zero-order valence-electron chi connectivity index (χ0n) is 21.1. The molecular formula is C24H36N4O6. The molecule has 0 saturated carbocycles. The number of nitrogens with zero attached hydrogens (tertiary/aromatic N) is 2. The van der Waals surface area contributed by atoms with Crippen LogP contribution in [0.2, 0.25) is 0 Å². The van der Waals surface area contributed by atoms with Gasteiger partial charge in [0.25, 0.3) is 5.56 Å². The number of benzene rings is 1. The lowest BCUT2D eigenvalue weighted by Crippen LogP contribution is -2.43. The summed E-state index contributed by atoms with van der Waals surface area (Å²) in [5, 5.41) is 0. The van der Waals surface area contributed by atoms with Gasteiger partial charge in [0, 0.05) is 19.5 Å². The van der Waals surface area contributed by atoms with E-state index in [1.165, 1.54) is 30.8 Å². The number of aryl methyl sites for hydroxylation is 1. The maximum absolute atomic E-state index is 13.4. The molecule has 10 nitrogen and oxygen atoms in total. The van der Waals surface area contributed by atoms with Crippen molar-refractivity contribution in [1.82, 2.24) is 9.55 Å². The molecule has 188 valence electrons. The third-order valence-electron chi connectivity index (χ3n) is 5.27. The van der Waals surface area contributed by atoms with Gasteiger partial charge in [-0.05, 0) is 29.9 Å². The smallest absolute Gasteiger partial charge is 0.330 e. The van der Waals surface area contributed by atoms with Crippen LogP contribution in [0.4, 0.5) is 11.5 Å². The number of carbonyl (C=O) groups is 1. The second-order valence-corrected chi connectivity index (χ2v) is 8.89. The molecule has 0 unspecified atom stereocenters. The number of aromatic amines is 1. The van der Waals surface area contributed by atoms with Gasteiger partial charge < -0.3 is 24.8 Å². The van der Waals surface area contributed by atoms with Gasteiger partial charge in [-0.3, -0.25) is 19.1 Å². The molecule has 0 aliphatic rings. The molecule has 0 fully saturated rings. The number of hydrogen-bond donors (Lipinski definition) is 2. The predicted octanol–water partition coefficient (Wildman–Crippen LogP) is 2.42. The summed E-state index contributed by atoms with van der Waals surface area (Å²) in [5.74, 6) is 1.30. The molecule has 2 rings (SSSR count). The number of H-pyrrole nitrogens is 1. The number of rotatable bonds is 11. The van der Waals surface area contributed by atoms with Gasteiger partial charge in [0.05, 0.1) is 21.3 Å². The molecule has 1 aromatic carbocycles. The number of carbonyl (C=O) groups excluding carboxylic acids is 1. The lowest BCUT2D eigenvalue weighted by molar-refractivity contribution is -0.118. The monoisotopic (exact) mass is 476 g/mol. The van der Waals surface area contributed by atoms with Crippen molar-refractivity contribution >= 4 is 17.4 Å². The molecule has 0 radical (unpaired) electrons. The Kier molecular flexibility index (Phi) is 9.17. The first-order valence-corrected chi connectivity index (χ1v) is 11.3. The minimum atomic E-state index is -0.680. The quantitative estimate of drug-likeness (QED) is 0.509. The van der Waals surface area contributed by atoms with Gasteiger partial charge in [-0.25, -0.2) is 4.79 Å². The van der Waals surface area contributed by atoms with Crippen molar-refractivity contribution < 1.29 is 19.0 Å². The van der Waals surface area contributed by atoms with Crippen LogP contribution in [-0.4, -0.2) is 43.3 Å². The third-order valence-corrected chi connectivity index (χ3v) is 5.27. The van der Waals surface area contributed by atoms with Crippen LogP contribution in [0.15, 0.2) is 21.7 Å². The normalized spacial score (nSPS) is 11.1. The van der Waals surface area contributed by atoms with Gasteiger partial charge in [0.1, 0.15) is 5.82 Å². The molecule has 1 aromatic heterocycles. The van der Waals surface area contributed by atoms with Crippen LogP contribution >= 0.6 is 0 Å². The highest BCUT2D eigenvalue weighted by molar-refractivity contribution is 5.95. The number of hydrogen-bond acceptors (Lipinski definition) is 7. The minimum absolute atomic E-state index is 0.00164. The highest BCUT2D eigenvalue weighted by Gasteiger charge is 2.26. The average Bonchev–Trinajstić information content (AvgIpc) is 2.78. The molecular weight excluding hydrogens is 440 g/mol. The Morgan fingerprint density at radius 3 is 2.21 bits per heavy atom. The Balaban J connectivity index is 2.45. The van der Waals surface area contributed by atoms with Crippen molar-refractivity contribution in [3.05, 3.63) is 38.5 Å². The third kappa shape index (κ3) is 5.92. The fraction of sp³-hybridized carbons (Fsp3) is 0.542. The van der Waals surface area contributed by atoms with Crippen molar-refractivity contribution in [3.8, 4) is 17.2 Å². The van der Waals surface area contributed by atoms with E-state index >= 15 is 0 Å². The van der Waals surface area contributed by atoms with Crippen molar-refractivity contribution in [2.75, 3.05) is 38.5 Å². The second-order valence-electron chi connectivity index (χ2n) is 8.89. The van der Waals surface area contributed by atoms with Crippen molar-refractivity contribution in [2.45, 2.75) is 47.1 Å². The molecule has 0 aliphatic heterocycles.